The van der Waals surface area contributed by atoms with Gasteiger partial charge in [0.15, 0.2) is 0 Å². The zero-order valence-electron chi connectivity index (χ0n) is 10.3. The molecule has 0 aliphatic rings. The van der Waals surface area contributed by atoms with Crippen molar-refractivity contribution in [3.8, 4) is 0 Å². The molecule has 0 bridgehead atoms. The summed E-state index contributed by atoms with van der Waals surface area (Å²) in [5.74, 6) is -0.490. The fourth-order valence-corrected chi connectivity index (χ4v) is 2.06. The van der Waals surface area contributed by atoms with Crippen LogP contribution in [0.15, 0.2) is 41.0 Å². The largest absolute Gasteiger partial charge is 0.287 e. The topological polar surface area (TPSA) is 34.9 Å². The Balaban J connectivity index is 2.16. The second-order valence-electron chi connectivity index (χ2n) is 3.93. The van der Waals surface area contributed by atoms with Gasteiger partial charge in [-0.05, 0) is 46.6 Å². The molecule has 1 aromatic heterocycles. The van der Waals surface area contributed by atoms with Crippen molar-refractivity contribution in [1.29, 1.82) is 0 Å². The maximum atomic E-state index is 12.7. The normalized spacial score (nSPS) is 11.1. The molecule has 3 nitrogen and oxygen atoms in total. The highest BCUT2D eigenvalue weighted by Crippen LogP contribution is 2.16. The molecule has 1 aromatic carbocycles. The van der Waals surface area contributed by atoms with Crippen LogP contribution in [-0.2, 0) is 6.54 Å². The van der Waals surface area contributed by atoms with Crippen molar-refractivity contribution in [3.05, 3.63) is 58.1 Å². The smallest absolute Gasteiger partial charge is 0.207 e. The van der Waals surface area contributed by atoms with E-state index in [1.807, 2.05) is 6.92 Å². The van der Waals surface area contributed by atoms with Crippen molar-refractivity contribution < 1.29 is 9.18 Å². The average Bonchev–Trinajstić information content (AvgIpc) is 2.79. The van der Waals surface area contributed by atoms with Crippen molar-refractivity contribution in [3.63, 3.8) is 0 Å². The minimum Gasteiger partial charge on any atom is -0.287 e. The van der Waals surface area contributed by atoms with Crippen LogP contribution in [0.5, 0.6) is 0 Å². The predicted molar refractivity (Wildman–Crippen MR) is 75.4 cm³/mol. The molecule has 0 atom stereocenters. The van der Waals surface area contributed by atoms with Gasteiger partial charge < -0.3 is 0 Å². The SMILES string of the molecule is CCn1cc(Br)c(C(=O)C=Cc2ccc(F)cc2)n1. The number of benzene rings is 1. The Labute approximate surface area is 118 Å². The fourth-order valence-electron chi connectivity index (χ4n) is 1.55. The summed E-state index contributed by atoms with van der Waals surface area (Å²) in [5, 5.41) is 4.16. The number of carbonyl (C=O) groups is 1. The monoisotopic (exact) mass is 322 g/mol. The number of rotatable bonds is 4. The van der Waals surface area contributed by atoms with Crippen LogP contribution in [0.1, 0.15) is 23.0 Å². The van der Waals surface area contributed by atoms with Crippen molar-refractivity contribution in [2.75, 3.05) is 0 Å². The molecule has 0 saturated heterocycles. The van der Waals surface area contributed by atoms with Gasteiger partial charge in [-0.3, -0.25) is 9.48 Å². The predicted octanol–water partition coefficient (Wildman–Crippen LogP) is 3.70. The Hall–Kier alpha value is -1.75. The number of aromatic nitrogens is 2. The number of hydrogen-bond acceptors (Lipinski definition) is 2. The molecule has 0 N–H and O–H groups in total. The van der Waals surface area contributed by atoms with Crippen LogP contribution in [0.25, 0.3) is 6.08 Å². The molecule has 0 radical (unpaired) electrons. The molecule has 1 heterocycles. The molecular formula is C14H12BrFN2O. The third-order valence-corrected chi connectivity index (χ3v) is 3.15. The van der Waals surface area contributed by atoms with Gasteiger partial charge in [-0.25, -0.2) is 4.39 Å². The van der Waals surface area contributed by atoms with E-state index >= 15 is 0 Å². The quantitative estimate of drug-likeness (QED) is 0.635. The van der Waals surface area contributed by atoms with Crippen LogP contribution in [0, 0.1) is 5.82 Å². The van der Waals surface area contributed by atoms with E-state index < -0.39 is 0 Å². The summed E-state index contributed by atoms with van der Waals surface area (Å²) in [6.45, 7) is 2.65. The molecule has 2 aromatic rings. The van der Waals surface area contributed by atoms with Gasteiger partial charge in [-0.2, -0.15) is 5.10 Å². The number of halogens is 2. The zero-order valence-corrected chi connectivity index (χ0v) is 11.9. The summed E-state index contributed by atoms with van der Waals surface area (Å²) in [7, 11) is 0. The summed E-state index contributed by atoms with van der Waals surface area (Å²) in [5.41, 5.74) is 1.14. The van der Waals surface area contributed by atoms with E-state index in [0.29, 0.717) is 16.7 Å². The first-order chi connectivity index (χ1) is 9.10. The first kappa shape index (κ1) is 13.7. The lowest BCUT2D eigenvalue weighted by molar-refractivity contribution is 0.104. The molecule has 5 heteroatoms. The molecule has 98 valence electrons. The van der Waals surface area contributed by atoms with E-state index in [2.05, 4.69) is 21.0 Å². The number of ketones is 1. The molecule has 0 spiro atoms. The summed E-state index contributed by atoms with van der Waals surface area (Å²) in [6, 6.07) is 5.93. The number of aryl methyl sites for hydroxylation is 1. The van der Waals surface area contributed by atoms with Crippen molar-refractivity contribution >= 4 is 27.8 Å². The first-order valence-electron chi connectivity index (χ1n) is 5.81. The summed E-state index contributed by atoms with van der Waals surface area (Å²) in [6.07, 6.45) is 4.83. The Morgan fingerprint density at radius 3 is 2.68 bits per heavy atom. The van der Waals surface area contributed by atoms with Gasteiger partial charge in [0.2, 0.25) is 5.78 Å². The van der Waals surface area contributed by atoms with Crippen LogP contribution in [0.4, 0.5) is 4.39 Å². The van der Waals surface area contributed by atoms with Crippen LogP contribution in [0.2, 0.25) is 0 Å². The summed E-state index contributed by atoms with van der Waals surface area (Å²) in [4.78, 5) is 12.0. The van der Waals surface area contributed by atoms with Gasteiger partial charge in [0.25, 0.3) is 0 Å². The highest BCUT2D eigenvalue weighted by atomic mass is 79.9. The van der Waals surface area contributed by atoms with E-state index in [4.69, 9.17) is 0 Å². The molecule has 0 unspecified atom stereocenters. The lowest BCUT2D eigenvalue weighted by atomic mass is 10.2. The zero-order chi connectivity index (χ0) is 13.8. The van der Waals surface area contributed by atoms with Gasteiger partial charge in [0, 0.05) is 12.7 Å². The Morgan fingerprint density at radius 1 is 1.42 bits per heavy atom. The number of nitrogens with zero attached hydrogens (tertiary/aromatic N) is 2. The third-order valence-electron chi connectivity index (χ3n) is 2.57. The molecule has 0 amide bonds. The maximum Gasteiger partial charge on any atom is 0.207 e. The van der Waals surface area contributed by atoms with Gasteiger partial charge >= 0.3 is 0 Å². The average molecular weight is 323 g/mol. The minimum atomic E-state index is -0.298. The third kappa shape index (κ3) is 3.38. The summed E-state index contributed by atoms with van der Waals surface area (Å²) >= 11 is 3.31. The van der Waals surface area contributed by atoms with E-state index in [-0.39, 0.29) is 11.6 Å². The van der Waals surface area contributed by atoms with Crippen LogP contribution >= 0.6 is 15.9 Å². The van der Waals surface area contributed by atoms with Gasteiger partial charge in [-0.15, -0.1) is 0 Å². The second kappa shape index (κ2) is 5.93. The van der Waals surface area contributed by atoms with E-state index in [0.717, 1.165) is 5.56 Å². The van der Waals surface area contributed by atoms with Gasteiger partial charge in [-0.1, -0.05) is 18.2 Å². The Kier molecular flexibility index (Phi) is 4.27. The maximum absolute atomic E-state index is 12.7. The lowest BCUT2D eigenvalue weighted by Gasteiger charge is -1.94. The fraction of sp³-hybridized carbons (Fsp3) is 0.143. The van der Waals surface area contributed by atoms with E-state index in [9.17, 15) is 9.18 Å². The molecule has 2 rings (SSSR count). The molecule has 0 aliphatic carbocycles. The second-order valence-corrected chi connectivity index (χ2v) is 4.78. The first-order valence-corrected chi connectivity index (χ1v) is 6.60. The molecule has 19 heavy (non-hydrogen) atoms. The number of carbonyl (C=O) groups excluding carboxylic acids is 1. The van der Waals surface area contributed by atoms with E-state index in [1.54, 1.807) is 29.1 Å². The van der Waals surface area contributed by atoms with Crippen LogP contribution < -0.4 is 0 Å². The Bertz CT molecular complexity index is 617. The number of allylic oxidation sites excluding steroid dienone is 1. The highest BCUT2D eigenvalue weighted by Gasteiger charge is 2.11. The molecule has 0 aliphatic heterocycles. The molecular weight excluding hydrogens is 311 g/mol. The van der Waals surface area contributed by atoms with E-state index in [1.165, 1.54) is 18.2 Å². The molecule has 0 fully saturated rings. The number of hydrogen-bond donors (Lipinski definition) is 0. The van der Waals surface area contributed by atoms with Crippen LogP contribution in [-0.4, -0.2) is 15.6 Å². The van der Waals surface area contributed by atoms with Gasteiger partial charge in [0.1, 0.15) is 11.5 Å². The highest BCUT2D eigenvalue weighted by molar-refractivity contribution is 9.10. The van der Waals surface area contributed by atoms with Crippen LogP contribution in [0.3, 0.4) is 0 Å². The minimum absolute atomic E-state index is 0.191. The lowest BCUT2D eigenvalue weighted by Crippen LogP contribution is -2.00. The van der Waals surface area contributed by atoms with Crippen molar-refractivity contribution in [2.45, 2.75) is 13.5 Å². The van der Waals surface area contributed by atoms with Gasteiger partial charge in [0.05, 0.1) is 4.47 Å². The van der Waals surface area contributed by atoms with Crippen molar-refractivity contribution in [1.82, 2.24) is 9.78 Å². The standard InChI is InChI=1S/C14H12BrFN2O/c1-2-18-9-12(15)14(17-18)13(19)8-5-10-3-6-11(16)7-4-10/h3-9H,2H2,1H3. The Morgan fingerprint density at radius 2 is 2.11 bits per heavy atom. The van der Waals surface area contributed by atoms with Crippen molar-refractivity contribution in [2.24, 2.45) is 0 Å². The molecule has 0 saturated carbocycles. The summed E-state index contributed by atoms with van der Waals surface area (Å²) < 4.78 is 15.1.